The number of carbonyl (C=O) groups is 1. The van der Waals surface area contributed by atoms with Crippen LogP contribution in [0.5, 0.6) is 5.75 Å². The molecule has 0 radical (unpaired) electrons. The summed E-state index contributed by atoms with van der Waals surface area (Å²) in [5.41, 5.74) is 0.910. The maximum absolute atomic E-state index is 13.4. The Balaban J connectivity index is 1.79. The fraction of sp³-hybridized carbons (Fsp3) is 0.350. The van der Waals surface area contributed by atoms with Gasteiger partial charge >= 0.3 is 0 Å². The lowest BCUT2D eigenvalue weighted by molar-refractivity contribution is -0.140. The monoisotopic (exact) mass is 391 g/mol. The van der Waals surface area contributed by atoms with Crippen LogP contribution in [0, 0.1) is 5.82 Å². The van der Waals surface area contributed by atoms with Crippen molar-refractivity contribution < 1.29 is 22.3 Å². The quantitative estimate of drug-likeness (QED) is 0.760. The van der Waals surface area contributed by atoms with Gasteiger partial charge in [-0.1, -0.05) is 36.4 Å². The van der Waals surface area contributed by atoms with E-state index in [2.05, 4.69) is 0 Å². The Labute approximate surface area is 158 Å². The van der Waals surface area contributed by atoms with Crippen LogP contribution >= 0.6 is 0 Å². The molecule has 1 aliphatic rings. The van der Waals surface area contributed by atoms with E-state index in [4.69, 9.17) is 4.74 Å². The summed E-state index contributed by atoms with van der Waals surface area (Å²) in [6.07, 6.45) is -0.452. The van der Waals surface area contributed by atoms with Gasteiger partial charge in [-0.2, -0.15) is 0 Å². The highest BCUT2D eigenvalue weighted by Crippen LogP contribution is 2.22. The Hall–Kier alpha value is -2.41. The Morgan fingerprint density at radius 3 is 2.59 bits per heavy atom. The summed E-state index contributed by atoms with van der Waals surface area (Å²) < 4.78 is 42.8. The topological polar surface area (TPSA) is 63.7 Å². The second-order valence-electron chi connectivity index (χ2n) is 6.73. The minimum Gasteiger partial charge on any atom is -0.481 e. The standard InChI is InChI=1S/C20H22FNO4S/c1-15(26-19-9-5-8-17(21)12-19)20(23)22(13-16-6-3-2-4-7-16)18-10-11-27(24,25)14-18/h2-9,12,15,18H,10-11,13-14H2,1H3/t15-,18+/m1/s1. The van der Waals surface area contributed by atoms with Crippen molar-refractivity contribution in [1.82, 2.24) is 4.90 Å². The Bertz CT molecular complexity index is 901. The van der Waals surface area contributed by atoms with Crippen molar-refractivity contribution in [3.8, 4) is 5.75 Å². The van der Waals surface area contributed by atoms with E-state index >= 15 is 0 Å². The summed E-state index contributed by atoms with van der Waals surface area (Å²) in [5, 5.41) is 0. The number of amides is 1. The summed E-state index contributed by atoms with van der Waals surface area (Å²) in [4.78, 5) is 14.6. The fourth-order valence-corrected chi connectivity index (χ4v) is 4.95. The number of halogens is 1. The van der Waals surface area contributed by atoms with E-state index in [1.807, 2.05) is 30.3 Å². The second kappa shape index (κ2) is 8.08. The minimum absolute atomic E-state index is 0.0434. The highest BCUT2D eigenvalue weighted by molar-refractivity contribution is 7.91. The summed E-state index contributed by atoms with van der Waals surface area (Å²) in [6, 6.07) is 14.6. The first kappa shape index (κ1) is 19.4. The van der Waals surface area contributed by atoms with Crippen molar-refractivity contribution in [3.05, 3.63) is 66.0 Å². The van der Waals surface area contributed by atoms with Crippen LogP contribution in [0.2, 0.25) is 0 Å². The molecule has 2 aromatic rings. The van der Waals surface area contributed by atoms with Crippen LogP contribution in [0.4, 0.5) is 4.39 Å². The predicted octanol–water partition coefficient (Wildman–Crippen LogP) is 2.81. The number of sulfone groups is 1. The molecule has 27 heavy (non-hydrogen) atoms. The third kappa shape index (κ3) is 5.07. The van der Waals surface area contributed by atoms with Crippen molar-refractivity contribution in [1.29, 1.82) is 0 Å². The summed E-state index contributed by atoms with van der Waals surface area (Å²) in [5.74, 6) is -0.469. The molecule has 0 saturated carbocycles. The molecule has 0 unspecified atom stereocenters. The van der Waals surface area contributed by atoms with Crippen molar-refractivity contribution >= 4 is 15.7 Å². The molecule has 0 aliphatic carbocycles. The van der Waals surface area contributed by atoms with E-state index in [0.29, 0.717) is 13.0 Å². The molecule has 1 fully saturated rings. The van der Waals surface area contributed by atoms with Crippen LogP contribution < -0.4 is 4.74 Å². The molecule has 7 heteroatoms. The van der Waals surface area contributed by atoms with E-state index < -0.39 is 21.8 Å². The van der Waals surface area contributed by atoms with Gasteiger partial charge in [0.2, 0.25) is 0 Å². The first-order valence-corrected chi connectivity index (χ1v) is 10.6. The number of benzene rings is 2. The molecule has 2 atom stereocenters. The van der Waals surface area contributed by atoms with E-state index in [1.54, 1.807) is 17.9 Å². The lowest BCUT2D eigenvalue weighted by Gasteiger charge is -2.31. The SMILES string of the molecule is C[C@@H](Oc1cccc(F)c1)C(=O)N(Cc1ccccc1)[C@H]1CCS(=O)(=O)C1. The van der Waals surface area contributed by atoms with Gasteiger partial charge in [-0.3, -0.25) is 4.79 Å². The number of hydrogen-bond donors (Lipinski definition) is 0. The average molecular weight is 391 g/mol. The zero-order chi connectivity index (χ0) is 19.4. The van der Waals surface area contributed by atoms with Crippen molar-refractivity contribution in [2.24, 2.45) is 0 Å². The zero-order valence-electron chi connectivity index (χ0n) is 15.0. The van der Waals surface area contributed by atoms with Gasteiger partial charge < -0.3 is 9.64 Å². The molecule has 2 aromatic carbocycles. The molecule has 0 spiro atoms. The van der Waals surface area contributed by atoms with Crippen LogP contribution in [0.15, 0.2) is 54.6 Å². The van der Waals surface area contributed by atoms with Gasteiger partial charge in [-0.25, -0.2) is 12.8 Å². The van der Waals surface area contributed by atoms with Crippen molar-refractivity contribution in [3.63, 3.8) is 0 Å². The van der Waals surface area contributed by atoms with Crippen LogP contribution in [0.1, 0.15) is 18.9 Å². The number of ether oxygens (including phenoxy) is 1. The molecule has 0 aromatic heterocycles. The first-order chi connectivity index (χ1) is 12.8. The molecule has 0 bridgehead atoms. The van der Waals surface area contributed by atoms with E-state index in [0.717, 1.165) is 5.56 Å². The number of nitrogens with zero attached hydrogens (tertiary/aromatic N) is 1. The van der Waals surface area contributed by atoms with Gasteiger partial charge in [0.1, 0.15) is 11.6 Å². The average Bonchev–Trinajstić information content (AvgIpc) is 2.99. The molecular formula is C20H22FNO4S. The molecule has 144 valence electrons. The van der Waals surface area contributed by atoms with E-state index in [1.165, 1.54) is 18.2 Å². The summed E-state index contributed by atoms with van der Waals surface area (Å²) >= 11 is 0. The van der Waals surface area contributed by atoms with Crippen LogP contribution in [-0.2, 0) is 21.2 Å². The Morgan fingerprint density at radius 2 is 1.96 bits per heavy atom. The summed E-state index contributed by atoms with van der Waals surface area (Å²) in [7, 11) is -3.14. The van der Waals surface area contributed by atoms with E-state index in [9.17, 15) is 17.6 Å². The lowest BCUT2D eigenvalue weighted by Crippen LogP contribution is -2.46. The van der Waals surface area contributed by atoms with Gasteiger partial charge in [0.15, 0.2) is 15.9 Å². The maximum atomic E-state index is 13.4. The maximum Gasteiger partial charge on any atom is 0.263 e. The molecule has 1 amide bonds. The van der Waals surface area contributed by atoms with Gasteiger partial charge in [0.25, 0.3) is 5.91 Å². The highest BCUT2D eigenvalue weighted by atomic mass is 32.2. The van der Waals surface area contributed by atoms with Crippen LogP contribution in [0.25, 0.3) is 0 Å². The van der Waals surface area contributed by atoms with E-state index in [-0.39, 0.29) is 29.2 Å². The first-order valence-electron chi connectivity index (χ1n) is 8.81. The minimum atomic E-state index is -3.14. The molecule has 1 saturated heterocycles. The lowest BCUT2D eigenvalue weighted by atomic mass is 10.1. The second-order valence-corrected chi connectivity index (χ2v) is 8.95. The summed E-state index contributed by atoms with van der Waals surface area (Å²) in [6.45, 7) is 1.89. The normalized spacial score (nSPS) is 19.4. The molecule has 1 heterocycles. The molecule has 3 rings (SSSR count). The third-order valence-corrected chi connectivity index (χ3v) is 6.34. The van der Waals surface area contributed by atoms with Gasteiger partial charge in [0, 0.05) is 18.7 Å². The Morgan fingerprint density at radius 1 is 1.22 bits per heavy atom. The van der Waals surface area contributed by atoms with Gasteiger partial charge in [-0.05, 0) is 31.0 Å². The number of hydrogen-bond acceptors (Lipinski definition) is 4. The third-order valence-electron chi connectivity index (χ3n) is 4.58. The molecule has 0 N–H and O–H groups in total. The van der Waals surface area contributed by atoms with Gasteiger partial charge in [0.05, 0.1) is 11.5 Å². The Kier molecular flexibility index (Phi) is 5.79. The molecule has 1 aliphatic heterocycles. The van der Waals surface area contributed by atoms with Crippen LogP contribution in [0.3, 0.4) is 0 Å². The number of rotatable bonds is 6. The fourth-order valence-electron chi connectivity index (χ4n) is 3.22. The largest absolute Gasteiger partial charge is 0.481 e. The predicted molar refractivity (Wildman–Crippen MR) is 101 cm³/mol. The van der Waals surface area contributed by atoms with Gasteiger partial charge in [-0.15, -0.1) is 0 Å². The highest BCUT2D eigenvalue weighted by Gasteiger charge is 2.36. The molecule has 5 nitrogen and oxygen atoms in total. The molecular weight excluding hydrogens is 369 g/mol. The van der Waals surface area contributed by atoms with Crippen molar-refractivity contribution in [2.45, 2.75) is 32.0 Å². The van der Waals surface area contributed by atoms with Crippen LogP contribution in [-0.4, -0.2) is 42.9 Å². The van der Waals surface area contributed by atoms with Crippen molar-refractivity contribution in [2.75, 3.05) is 11.5 Å². The number of carbonyl (C=O) groups excluding carboxylic acids is 1. The zero-order valence-corrected chi connectivity index (χ0v) is 15.9. The smallest absolute Gasteiger partial charge is 0.263 e.